The van der Waals surface area contributed by atoms with Gasteiger partial charge in [-0.2, -0.15) is 0 Å². The maximum atomic E-state index is 12.3. The van der Waals surface area contributed by atoms with E-state index in [2.05, 4.69) is 23.7 Å². The summed E-state index contributed by atoms with van der Waals surface area (Å²) in [5, 5.41) is 2.77. The van der Waals surface area contributed by atoms with Gasteiger partial charge in [-0.05, 0) is 30.5 Å². The van der Waals surface area contributed by atoms with Crippen LogP contribution in [0.15, 0.2) is 24.3 Å². The smallest absolute Gasteiger partial charge is 0.790 e. The molecule has 0 aromatic heterocycles. The Bertz CT molecular complexity index is 629. The van der Waals surface area contributed by atoms with Crippen LogP contribution in [0.4, 0.5) is 0 Å². The zero-order valence-electron chi connectivity index (χ0n) is 18.9. The maximum Gasteiger partial charge on any atom is 1.00 e. The first-order valence-corrected chi connectivity index (χ1v) is 11.5. The van der Waals surface area contributed by atoms with Gasteiger partial charge < -0.3 is 28.9 Å². The maximum absolute atomic E-state index is 12.3. The molecule has 1 aromatic rings. The minimum atomic E-state index is -5.13. The Morgan fingerprint density at radius 1 is 1.07 bits per heavy atom. The number of phosphoric ester groups is 1. The van der Waals surface area contributed by atoms with E-state index in [0.717, 1.165) is 44.9 Å². The van der Waals surface area contributed by atoms with Gasteiger partial charge in [-0.25, -0.2) is 0 Å². The molecule has 1 N–H and O–H groups in total. The quantitative estimate of drug-likeness (QED) is 0.173. The van der Waals surface area contributed by atoms with E-state index in [-0.39, 0.29) is 65.0 Å². The molecule has 0 saturated heterocycles. The van der Waals surface area contributed by atoms with Crippen LogP contribution < -0.4 is 79.0 Å². The minimum absolute atomic E-state index is 0. The Morgan fingerprint density at radius 2 is 1.73 bits per heavy atom. The van der Waals surface area contributed by atoms with Crippen molar-refractivity contribution < 1.29 is 87.5 Å². The predicted molar refractivity (Wildman–Crippen MR) is 105 cm³/mol. The Hall–Kier alpha value is 0.600. The van der Waals surface area contributed by atoms with Crippen LogP contribution in [0.5, 0.6) is 5.75 Å². The number of amides is 1. The van der Waals surface area contributed by atoms with E-state index in [4.69, 9.17) is 4.74 Å². The molecule has 0 bridgehead atoms. The number of rotatable bonds is 15. The molecule has 1 aromatic carbocycles. The fraction of sp³-hybridized carbons (Fsp3) is 0.650. The van der Waals surface area contributed by atoms with E-state index in [0.29, 0.717) is 24.3 Å². The molecule has 30 heavy (non-hydrogen) atoms. The first-order valence-electron chi connectivity index (χ1n) is 10.0. The predicted octanol–water partition coefficient (Wildman–Crippen LogP) is -2.76. The monoisotopic (exact) mass is 459 g/mol. The van der Waals surface area contributed by atoms with Crippen LogP contribution in [-0.4, -0.2) is 19.1 Å². The van der Waals surface area contributed by atoms with Gasteiger partial charge in [-0.15, -0.1) is 0 Å². The van der Waals surface area contributed by atoms with Crippen molar-refractivity contribution in [2.24, 2.45) is 0 Å². The second-order valence-electron chi connectivity index (χ2n) is 6.80. The molecule has 1 unspecified atom stereocenters. The van der Waals surface area contributed by atoms with E-state index >= 15 is 0 Å². The third kappa shape index (κ3) is 16.3. The number of unbranched alkanes of at least 4 members (excludes halogenated alkanes) is 5. The van der Waals surface area contributed by atoms with Crippen molar-refractivity contribution in [1.82, 2.24) is 5.32 Å². The number of hydrogen-bond acceptors (Lipinski definition) is 6. The molecule has 0 spiro atoms. The molecule has 0 saturated carbocycles. The van der Waals surface area contributed by atoms with E-state index in [1.165, 1.54) is 0 Å². The van der Waals surface area contributed by atoms with E-state index in [1.807, 2.05) is 0 Å². The molecule has 160 valence electrons. The van der Waals surface area contributed by atoms with Gasteiger partial charge in [-0.1, -0.05) is 58.1 Å². The summed E-state index contributed by atoms with van der Waals surface area (Å²) in [6.07, 6.45) is 7.37. The van der Waals surface area contributed by atoms with E-state index in [1.54, 1.807) is 24.3 Å². The van der Waals surface area contributed by atoms with Crippen LogP contribution >= 0.6 is 7.82 Å². The van der Waals surface area contributed by atoms with Crippen LogP contribution in [0.25, 0.3) is 0 Å². The molecule has 0 aliphatic carbocycles. The van der Waals surface area contributed by atoms with Crippen LogP contribution in [0, 0.1) is 0 Å². The number of hydrogen-bond donors (Lipinski definition) is 1. The molecule has 7 nitrogen and oxygen atoms in total. The van der Waals surface area contributed by atoms with Gasteiger partial charge in [0.25, 0.3) is 0 Å². The van der Waals surface area contributed by atoms with Gasteiger partial charge in [-0.3, -0.25) is 4.79 Å². The minimum Gasteiger partial charge on any atom is -0.790 e. The average Bonchev–Trinajstić information content (AvgIpc) is 2.64. The first-order chi connectivity index (χ1) is 13.4. The van der Waals surface area contributed by atoms with Crippen LogP contribution in [0.3, 0.4) is 0 Å². The Balaban J connectivity index is 0. The number of phosphoric acid groups is 1. The molecule has 1 amide bonds. The largest absolute Gasteiger partial charge is 1.00 e. The number of ether oxygens (including phenoxy) is 1. The van der Waals surface area contributed by atoms with Crippen LogP contribution in [-0.2, 0) is 13.9 Å². The van der Waals surface area contributed by atoms with Gasteiger partial charge in [0.1, 0.15) is 5.75 Å². The summed E-state index contributed by atoms with van der Waals surface area (Å²) < 4.78 is 21.0. The Labute approximate surface area is 224 Å². The molecule has 0 aliphatic heterocycles. The molecule has 0 heterocycles. The fourth-order valence-corrected chi connectivity index (χ4v) is 3.03. The van der Waals surface area contributed by atoms with Gasteiger partial charge in [0.15, 0.2) is 0 Å². The van der Waals surface area contributed by atoms with E-state index in [9.17, 15) is 19.1 Å². The molecule has 0 aliphatic rings. The molecule has 0 fully saturated rings. The zero-order chi connectivity index (χ0) is 20.8. The van der Waals surface area contributed by atoms with Gasteiger partial charge in [0.2, 0.25) is 5.91 Å². The zero-order valence-corrected chi connectivity index (χ0v) is 23.7. The summed E-state index contributed by atoms with van der Waals surface area (Å²) in [5.74, 6) is 0.422. The molecule has 0 radical (unpaired) electrons. The molecule has 1 rings (SSSR count). The van der Waals surface area contributed by atoms with Gasteiger partial charge in [0, 0.05) is 6.42 Å². The second-order valence-corrected chi connectivity index (χ2v) is 7.95. The van der Waals surface area contributed by atoms with Crippen molar-refractivity contribution >= 4 is 13.7 Å². The van der Waals surface area contributed by atoms with Crippen molar-refractivity contribution in [1.29, 1.82) is 0 Å². The summed E-state index contributed by atoms with van der Waals surface area (Å²) in [6, 6.07) is 6.27. The van der Waals surface area contributed by atoms with Crippen molar-refractivity contribution in [3.63, 3.8) is 0 Å². The number of carbonyl (C=O) groups excluding carboxylic acids is 1. The molecule has 10 heteroatoms. The molecular formula is C20H32NNa2O6P. The third-order valence-corrected chi connectivity index (χ3v) is 4.73. The number of carbonyl (C=O) groups is 1. The third-order valence-electron chi connectivity index (χ3n) is 4.27. The van der Waals surface area contributed by atoms with Gasteiger partial charge in [0.05, 0.1) is 27.1 Å². The summed E-state index contributed by atoms with van der Waals surface area (Å²) in [4.78, 5) is 34.0. The fourth-order valence-electron chi connectivity index (χ4n) is 2.70. The van der Waals surface area contributed by atoms with Crippen LogP contribution in [0.2, 0.25) is 0 Å². The summed E-state index contributed by atoms with van der Waals surface area (Å²) in [7, 11) is -5.13. The number of nitrogens with one attached hydrogen (secondary N) is 1. The van der Waals surface area contributed by atoms with Crippen molar-refractivity contribution in [2.45, 2.75) is 71.3 Å². The summed E-state index contributed by atoms with van der Waals surface area (Å²) in [5.41, 5.74) is 0.627. The standard InChI is InChI=1S/C20H34NO6P.2Na/c1-3-5-7-8-9-13-20(22)21-19(16-27-28(23,24)25)17-11-10-12-18(15-17)26-14-6-4-2;;/h10-12,15,19H,3-9,13-14,16H2,1-2H3,(H,21,22)(H2,23,24,25);;/q;2*+1/p-2. The van der Waals surface area contributed by atoms with Crippen molar-refractivity contribution in [2.75, 3.05) is 13.2 Å². The summed E-state index contributed by atoms with van der Waals surface area (Å²) in [6.45, 7) is 4.32. The van der Waals surface area contributed by atoms with Crippen LogP contribution in [0.1, 0.15) is 76.8 Å². The first kappa shape index (κ1) is 32.8. The average molecular weight is 459 g/mol. The second kappa shape index (κ2) is 19.1. The number of benzene rings is 1. The van der Waals surface area contributed by atoms with E-state index < -0.39 is 20.5 Å². The van der Waals surface area contributed by atoms with Gasteiger partial charge >= 0.3 is 59.1 Å². The Morgan fingerprint density at radius 3 is 2.37 bits per heavy atom. The topological polar surface area (TPSA) is 111 Å². The van der Waals surface area contributed by atoms with Crippen molar-refractivity contribution in [3.05, 3.63) is 29.8 Å². The summed E-state index contributed by atoms with van der Waals surface area (Å²) >= 11 is 0. The molecular weight excluding hydrogens is 427 g/mol. The SMILES string of the molecule is CCCCCCCC(=O)NC(COP(=O)([O-])[O-])c1cccc(OCCCC)c1.[Na+].[Na+]. The molecule has 1 atom stereocenters. The Kier molecular flexibility index (Phi) is 20.9. The normalized spacial score (nSPS) is 11.7. The van der Waals surface area contributed by atoms with Crippen molar-refractivity contribution in [3.8, 4) is 5.75 Å².